The van der Waals surface area contributed by atoms with Crippen molar-refractivity contribution < 1.29 is 18.8 Å². The fraction of sp³-hybridized carbons (Fsp3) is 0.464. The molecule has 2 aliphatic rings. The molecule has 1 atom stereocenters. The summed E-state index contributed by atoms with van der Waals surface area (Å²) in [6.07, 6.45) is 2.63. The van der Waals surface area contributed by atoms with Gasteiger partial charge in [-0.15, -0.1) is 0 Å². The minimum atomic E-state index is -1.03. The molecule has 180 valence electrons. The van der Waals surface area contributed by atoms with Crippen LogP contribution in [-0.2, 0) is 14.4 Å². The van der Waals surface area contributed by atoms with Crippen LogP contribution in [0, 0.1) is 11.7 Å². The van der Waals surface area contributed by atoms with Crippen molar-refractivity contribution in [2.75, 3.05) is 10.2 Å². The number of carbonyl (C=O) groups excluding carboxylic acids is 3. The Morgan fingerprint density at radius 2 is 1.56 bits per heavy atom. The van der Waals surface area contributed by atoms with Crippen LogP contribution in [0.3, 0.4) is 0 Å². The molecule has 34 heavy (non-hydrogen) atoms. The van der Waals surface area contributed by atoms with Crippen LogP contribution < -0.4 is 10.2 Å². The first-order valence-electron chi connectivity index (χ1n) is 12.2. The van der Waals surface area contributed by atoms with Crippen LogP contribution in [0.15, 0.2) is 42.5 Å². The summed E-state index contributed by atoms with van der Waals surface area (Å²) < 4.78 is 13.5. The standard InChI is InChI=1S/C28H33FN2O3/c1-17(2)21-8-7-9-22(18(3)4)25(21)30-24(32)16-23-26(33)28(14-5-6-15-28)31(27(23)34)20-12-10-19(29)11-13-20/h7-13,17-18,23H,5-6,14-16H2,1-4H3,(H,30,32). The number of rotatable bonds is 6. The van der Waals surface area contributed by atoms with Gasteiger partial charge in [0.15, 0.2) is 5.78 Å². The highest BCUT2D eigenvalue weighted by Gasteiger charge is 2.59. The summed E-state index contributed by atoms with van der Waals surface area (Å²) in [4.78, 5) is 41.9. The normalized spacial score (nSPS) is 19.6. The van der Waals surface area contributed by atoms with E-state index >= 15 is 0 Å². The Morgan fingerprint density at radius 3 is 2.09 bits per heavy atom. The van der Waals surface area contributed by atoms with Crippen LogP contribution >= 0.6 is 0 Å². The Morgan fingerprint density at radius 1 is 1.00 bits per heavy atom. The molecule has 2 amide bonds. The Hall–Kier alpha value is -3.02. The van der Waals surface area contributed by atoms with E-state index in [2.05, 4.69) is 33.0 Å². The summed E-state index contributed by atoms with van der Waals surface area (Å²) in [5, 5.41) is 3.04. The number of nitrogens with one attached hydrogen (secondary N) is 1. The first-order valence-corrected chi connectivity index (χ1v) is 12.2. The van der Waals surface area contributed by atoms with Crippen LogP contribution in [0.25, 0.3) is 0 Å². The zero-order valence-corrected chi connectivity index (χ0v) is 20.4. The summed E-state index contributed by atoms with van der Waals surface area (Å²) in [5.74, 6) is -1.90. The third kappa shape index (κ3) is 4.15. The molecule has 5 nitrogen and oxygen atoms in total. The number of halogens is 1. The molecule has 1 saturated carbocycles. The Balaban J connectivity index is 1.62. The molecule has 1 aliphatic heterocycles. The van der Waals surface area contributed by atoms with Crippen LogP contribution in [0.5, 0.6) is 0 Å². The van der Waals surface area contributed by atoms with Gasteiger partial charge in [-0.05, 0) is 60.1 Å². The molecule has 0 radical (unpaired) electrons. The average molecular weight is 465 g/mol. The minimum Gasteiger partial charge on any atom is -0.326 e. The maximum absolute atomic E-state index is 13.6. The quantitative estimate of drug-likeness (QED) is 0.538. The van der Waals surface area contributed by atoms with Crippen LogP contribution in [0.1, 0.15) is 82.8 Å². The molecule has 1 spiro atoms. The molecule has 4 rings (SSSR count). The van der Waals surface area contributed by atoms with Gasteiger partial charge in [-0.3, -0.25) is 19.3 Å². The van der Waals surface area contributed by atoms with E-state index in [0.717, 1.165) is 29.7 Å². The average Bonchev–Trinajstić information content (AvgIpc) is 3.35. The topological polar surface area (TPSA) is 66.5 Å². The second-order valence-corrected chi connectivity index (χ2v) is 10.2. The highest BCUT2D eigenvalue weighted by molar-refractivity contribution is 6.23. The van der Waals surface area contributed by atoms with Crippen molar-refractivity contribution in [2.45, 2.75) is 77.2 Å². The summed E-state index contributed by atoms with van der Waals surface area (Å²) in [7, 11) is 0. The smallest absolute Gasteiger partial charge is 0.239 e. The van der Waals surface area contributed by atoms with Crippen molar-refractivity contribution in [2.24, 2.45) is 5.92 Å². The highest BCUT2D eigenvalue weighted by Crippen LogP contribution is 2.46. The number of Topliss-reactive ketones (excluding diaryl/α,β-unsaturated/α-hetero) is 1. The molecule has 1 saturated heterocycles. The number of amides is 2. The van der Waals surface area contributed by atoms with Crippen molar-refractivity contribution in [1.29, 1.82) is 0 Å². The lowest BCUT2D eigenvalue weighted by molar-refractivity contribution is -0.132. The summed E-state index contributed by atoms with van der Waals surface area (Å²) in [5.41, 5.74) is 2.42. The number of benzene rings is 2. The summed E-state index contributed by atoms with van der Waals surface area (Å²) >= 11 is 0. The van der Waals surface area contributed by atoms with Crippen LogP contribution in [0.2, 0.25) is 0 Å². The van der Waals surface area contributed by atoms with Gasteiger partial charge in [0.05, 0.1) is 0 Å². The lowest BCUT2D eigenvalue weighted by Crippen LogP contribution is -2.47. The van der Waals surface area contributed by atoms with Gasteiger partial charge in [-0.2, -0.15) is 0 Å². The lowest BCUT2D eigenvalue weighted by atomic mass is 9.87. The highest BCUT2D eigenvalue weighted by atomic mass is 19.1. The van der Waals surface area contributed by atoms with Gasteiger partial charge in [0.2, 0.25) is 11.8 Å². The van der Waals surface area contributed by atoms with E-state index in [-0.39, 0.29) is 35.9 Å². The van der Waals surface area contributed by atoms with Gasteiger partial charge in [-0.25, -0.2) is 4.39 Å². The first-order chi connectivity index (χ1) is 16.2. The molecule has 2 fully saturated rings. The van der Waals surface area contributed by atoms with E-state index in [1.807, 2.05) is 18.2 Å². The fourth-order valence-corrected chi connectivity index (χ4v) is 5.56. The number of hydrogen-bond donors (Lipinski definition) is 1. The Labute approximate surface area is 200 Å². The predicted octanol–water partition coefficient (Wildman–Crippen LogP) is 5.95. The minimum absolute atomic E-state index is 0.185. The van der Waals surface area contributed by atoms with E-state index in [1.165, 1.54) is 24.3 Å². The number of carbonyl (C=O) groups is 3. The van der Waals surface area contributed by atoms with Crippen molar-refractivity contribution in [3.63, 3.8) is 0 Å². The summed E-state index contributed by atoms with van der Waals surface area (Å²) in [6.45, 7) is 8.29. The maximum Gasteiger partial charge on any atom is 0.239 e. The molecular formula is C28H33FN2O3. The van der Waals surface area contributed by atoms with Gasteiger partial charge in [-0.1, -0.05) is 58.7 Å². The van der Waals surface area contributed by atoms with Crippen LogP contribution in [0.4, 0.5) is 15.8 Å². The summed E-state index contributed by atoms with van der Waals surface area (Å²) in [6, 6.07) is 11.7. The Bertz CT molecular complexity index is 1070. The van der Waals surface area contributed by atoms with E-state index < -0.39 is 17.3 Å². The SMILES string of the molecule is CC(C)c1cccc(C(C)C)c1NC(=O)CC1C(=O)N(c2ccc(F)cc2)C2(CCCC2)C1=O. The fourth-order valence-electron chi connectivity index (χ4n) is 5.56. The monoisotopic (exact) mass is 464 g/mol. The van der Waals surface area contributed by atoms with Gasteiger partial charge in [0.25, 0.3) is 0 Å². The number of nitrogens with zero attached hydrogens (tertiary/aromatic N) is 1. The number of hydrogen-bond acceptors (Lipinski definition) is 3. The molecule has 1 unspecified atom stereocenters. The largest absolute Gasteiger partial charge is 0.326 e. The third-order valence-corrected chi connectivity index (χ3v) is 7.26. The second kappa shape index (κ2) is 9.32. The number of para-hydroxylation sites is 1. The van der Waals surface area contributed by atoms with E-state index in [0.29, 0.717) is 18.5 Å². The molecule has 2 aromatic rings. The zero-order chi connectivity index (χ0) is 24.6. The second-order valence-electron chi connectivity index (χ2n) is 10.2. The van der Waals surface area contributed by atoms with Crippen molar-refractivity contribution in [3.8, 4) is 0 Å². The molecule has 0 bridgehead atoms. The molecule has 0 aromatic heterocycles. The zero-order valence-electron chi connectivity index (χ0n) is 20.4. The molecule has 1 aliphatic carbocycles. The van der Waals surface area contributed by atoms with Crippen molar-refractivity contribution >= 4 is 29.0 Å². The van der Waals surface area contributed by atoms with E-state index in [9.17, 15) is 18.8 Å². The number of anilines is 2. The van der Waals surface area contributed by atoms with E-state index in [1.54, 1.807) is 4.90 Å². The number of ketones is 1. The van der Waals surface area contributed by atoms with E-state index in [4.69, 9.17) is 0 Å². The van der Waals surface area contributed by atoms with Gasteiger partial charge in [0, 0.05) is 17.8 Å². The Kier molecular flexibility index (Phi) is 6.61. The molecule has 6 heteroatoms. The van der Waals surface area contributed by atoms with Crippen LogP contribution in [-0.4, -0.2) is 23.1 Å². The molecule has 1 heterocycles. The van der Waals surface area contributed by atoms with Gasteiger partial charge in [0.1, 0.15) is 17.3 Å². The first kappa shape index (κ1) is 24.1. The van der Waals surface area contributed by atoms with Crippen molar-refractivity contribution in [1.82, 2.24) is 0 Å². The molecule has 1 N–H and O–H groups in total. The lowest BCUT2D eigenvalue weighted by Gasteiger charge is -2.33. The predicted molar refractivity (Wildman–Crippen MR) is 131 cm³/mol. The molecular weight excluding hydrogens is 431 g/mol. The third-order valence-electron chi connectivity index (χ3n) is 7.26. The van der Waals surface area contributed by atoms with Gasteiger partial charge < -0.3 is 5.32 Å². The molecule has 2 aromatic carbocycles. The van der Waals surface area contributed by atoms with Gasteiger partial charge >= 0.3 is 0 Å². The maximum atomic E-state index is 13.6. The van der Waals surface area contributed by atoms with Crippen molar-refractivity contribution in [3.05, 3.63) is 59.4 Å².